The van der Waals surface area contributed by atoms with Gasteiger partial charge in [-0.25, -0.2) is 4.98 Å². The molecule has 0 aliphatic rings. The van der Waals surface area contributed by atoms with Crippen molar-refractivity contribution in [3.63, 3.8) is 0 Å². The molecule has 0 spiro atoms. The molecule has 226 valence electrons. The van der Waals surface area contributed by atoms with E-state index in [4.69, 9.17) is 30.5 Å². The number of nitrogens with zero attached hydrogens (tertiary/aromatic N) is 3. The highest BCUT2D eigenvalue weighted by Gasteiger charge is 2.20. The number of nitrogens with one attached hydrogen (secondary N) is 1. The summed E-state index contributed by atoms with van der Waals surface area (Å²) in [6.07, 6.45) is 1.51. The number of para-hydroxylation sites is 2. The lowest BCUT2D eigenvalue weighted by Gasteiger charge is -2.16. The van der Waals surface area contributed by atoms with Crippen molar-refractivity contribution in [3.05, 3.63) is 115 Å². The summed E-state index contributed by atoms with van der Waals surface area (Å²) in [7, 11) is 0. The molecule has 0 unspecified atom stereocenters. The number of amides is 1. The minimum absolute atomic E-state index is 0.248. The molecular weight excluding hydrogens is 728 g/mol. The zero-order valence-electron chi connectivity index (χ0n) is 23.6. The first-order valence-electron chi connectivity index (χ1n) is 13.7. The number of furan rings is 1. The second-order valence-corrected chi connectivity index (χ2v) is 11.7. The molecule has 9 nitrogen and oxygen atoms in total. The normalized spacial score (nSPS) is 11.4. The van der Waals surface area contributed by atoms with Crippen LogP contribution in [0.2, 0.25) is 5.02 Å². The summed E-state index contributed by atoms with van der Waals surface area (Å²) < 4.78 is 20.1. The number of ether oxygens (including phenoxy) is 2. The summed E-state index contributed by atoms with van der Waals surface area (Å²) in [6, 6.07) is 24.9. The molecular formula is C33H23Br2ClN4O5. The van der Waals surface area contributed by atoms with Crippen LogP contribution in [-0.4, -0.2) is 35.0 Å². The van der Waals surface area contributed by atoms with Crippen LogP contribution in [0.5, 0.6) is 11.5 Å². The van der Waals surface area contributed by atoms with Crippen LogP contribution in [0, 0.1) is 0 Å². The number of fused-ring (bicyclic) bond motifs is 2. The van der Waals surface area contributed by atoms with E-state index in [1.165, 1.54) is 10.9 Å². The molecule has 0 aliphatic heterocycles. The largest absolute Gasteiger partial charge is 0.490 e. The molecule has 2 aromatic heterocycles. The van der Waals surface area contributed by atoms with Crippen molar-refractivity contribution in [2.24, 2.45) is 5.10 Å². The van der Waals surface area contributed by atoms with Crippen molar-refractivity contribution in [1.29, 1.82) is 0 Å². The van der Waals surface area contributed by atoms with Gasteiger partial charge in [-0.1, -0.05) is 41.9 Å². The van der Waals surface area contributed by atoms with E-state index in [2.05, 4.69) is 42.3 Å². The quantitative estimate of drug-likeness (QED) is 0.149. The number of rotatable bonds is 9. The lowest BCUT2D eigenvalue weighted by molar-refractivity contribution is -0.118. The number of aromatic nitrogens is 2. The molecule has 0 fully saturated rings. The van der Waals surface area contributed by atoms with Crippen LogP contribution < -0.4 is 20.3 Å². The monoisotopic (exact) mass is 748 g/mol. The Bertz CT molecular complexity index is 2110. The summed E-state index contributed by atoms with van der Waals surface area (Å²) in [5.74, 6) is 0.967. The molecule has 0 bridgehead atoms. The second-order valence-electron chi connectivity index (χ2n) is 9.66. The Labute approximate surface area is 278 Å². The van der Waals surface area contributed by atoms with Gasteiger partial charge in [-0.2, -0.15) is 9.78 Å². The Morgan fingerprint density at radius 3 is 2.56 bits per heavy atom. The summed E-state index contributed by atoms with van der Waals surface area (Å²) in [6.45, 7) is 1.89. The Kier molecular flexibility index (Phi) is 9.02. The molecule has 12 heteroatoms. The molecule has 0 radical (unpaired) electrons. The van der Waals surface area contributed by atoms with Crippen molar-refractivity contribution in [1.82, 2.24) is 9.66 Å². The molecule has 6 rings (SSSR count). The van der Waals surface area contributed by atoms with E-state index < -0.39 is 0 Å². The predicted molar refractivity (Wildman–Crippen MR) is 183 cm³/mol. The molecule has 45 heavy (non-hydrogen) atoms. The first kappa shape index (κ1) is 30.6. The average molecular weight is 751 g/mol. The fourth-order valence-electron chi connectivity index (χ4n) is 4.57. The summed E-state index contributed by atoms with van der Waals surface area (Å²) >= 11 is 13.1. The molecule has 0 saturated carbocycles. The Balaban J connectivity index is 1.35. The Morgan fingerprint density at radius 1 is 1.02 bits per heavy atom. The number of hydrogen-bond acceptors (Lipinski definition) is 7. The zero-order valence-corrected chi connectivity index (χ0v) is 27.5. The molecule has 0 aliphatic carbocycles. The third kappa shape index (κ3) is 6.51. The maximum Gasteiger partial charge on any atom is 0.282 e. The van der Waals surface area contributed by atoms with Gasteiger partial charge in [-0.15, -0.1) is 0 Å². The van der Waals surface area contributed by atoms with Gasteiger partial charge in [-0.05, 0) is 93.4 Å². The highest BCUT2D eigenvalue weighted by atomic mass is 79.9. The highest BCUT2D eigenvalue weighted by molar-refractivity contribution is 9.13. The van der Waals surface area contributed by atoms with E-state index in [0.29, 0.717) is 65.6 Å². The molecule has 4 aromatic carbocycles. The van der Waals surface area contributed by atoms with Crippen LogP contribution in [0.3, 0.4) is 0 Å². The highest BCUT2D eigenvalue weighted by Crippen LogP contribution is 2.42. The van der Waals surface area contributed by atoms with Crippen LogP contribution in [0.25, 0.3) is 33.5 Å². The van der Waals surface area contributed by atoms with Gasteiger partial charge in [0.15, 0.2) is 23.9 Å². The number of carbonyl (C=O) groups excluding carboxylic acids is 1. The van der Waals surface area contributed by atoms with Crippen LogP contribution in [0.1, 0.15) is 12.5 Å². The van der Waals surface area contributed by atoms with E-state index >= 15 is 0 Å². The van der Waals surface area contributed by atoms with Crippen molar-refractivity contribution >= 4 is 83.1 Å². The van der Waals surface area contributed by atoms with Gasteiger partial charge in [0.25, 0.3) is 11.5 Å². The number of halogens is 3. The Morgan fingerprint density at radius 2 is 1.78 bits per heavy atom. The van der Waals surface area contributed by atoms with Gasteiger partial charge in [0.05, 0.1) is 28.2 Å². The topological polar surface area (TPSA) is 108 Å². The number of hydrogen-bond donors (Lipinski definition) is 1. The first-order chi connectivity index (χ1) is 21.8. The number of carbonyl (C=O) groups is 1. The molecule has 2 heterocycles. The van der Waals surface area contributed by atoms with Crippen LogP contribution in [0.4, 0.5) is 5.69 Å². The van der Waals surface area contributed by atoms with Crippen molar-refractivity contribution in [2.45, 2.75) is 6.92 Å². The van der Waals surface area contributed by atoms with Crippen LogP contribution in [-0.2, 0) is 4.79 Å². The van der Waals surface area contributed by atoms with E-state index in [9.17, 15) is 9.59 Å². The maximum atomic E-state index is 13.7. The average Bonchev–Trinajstić information content (AvgIpc) is 3.48. The van der Waals surface area contributed by atoms with Crippen LogP contribution >= 0.6 is 43.5 Å². The SMILES string of the molecule is CCOc1cc(C=Nn2c(-c3cc4ccccc4o3)nc3ccccc3c2=O)c(Br)c(Br)c1OCC(=O)Nc1ccc(Cl)cc1. The van der Waals surface area contributed by atoms with E-state index in [1.54, 1.807) is 48.5 Å². The van der Waals surface area contributed by atoms with Gasteiger partial charge in [0.1, 0.15) is 5.58 Å². The fourth-order valence-corrected chi connectivity index (χ4v) is 5.63. The molecule has 6 aromatic rings. The number of benzene rings is 4. The van der Waals surface area contributed by atoms with E-state index in [1.807, 2.05) is 43.3 Å². The minimum atomic E-state index is -0.366. The van der Waals surface area contributed by atoms with Crippen molar-refractivity contribution < 1.29 is 18.7 Å². The van der Waals surface area contributed by atoms with Crippen LogP contribution in [0.15, 0.2) is 108 Å². The molecule has 1 N–H and O–H groups in total. The standard InChI is InChI=1S/C33H23Br2ClN4O5/c1-2-43-26-16-20(29(34)30(35)31(26)44-18-28(41)38-22-13-11-21(36)12-14-22)17-37-40-32(27-15-19-7-3-6-10-25(19)45-27)39-24-9-5-4-8-23(24)33(40)42/h3-17H,2,18H2,1H3,(H,38,41). The van der Waals surface area contributed by atoms with Crippen molar-refractivity contribution in [2.75, 3.05) is 18.5 Å². The lowest BCUT2D eigenvalue weighted by atomic mass is 10.2. The van der Waals surface area contributed by atoms with Gasteiger partial charge in [0.2, 0.25) is 5.82 Å². The smallest absolute Gasteiger partial charge is 0.282 e. The van der Waals surface area contributed by atoms with Gasteiger partial charge in [-0.3, -0.25) is 9.59 Å². The Hall–Kier alpha value is -4.45. The third-order valence-electron chi connectivity index (χ3n) is 6.64. The molecule has 0 saturated heterocycles. The maximum absolute atomic E-state index is 13.7. The van der Waals surface area contributed by atoms with E-state index in [0.717, 1.165) is 5.39 Å². The number of anilines is 1. The van der Waals surface area contributed by atoms with E-state index in [-0.39, 0.29) is 23.9 Å². The van der Waals surface area contributed by atoms with Crippen molar-refractivity contribution in [3.8, 4) is 23.1 Å². The lowest BCUT2D eigenvalue weighted by Crippen LogP contribution is -2.21. The summed E-state index contributed by atoms with van der Waals surface area (Å²) in [4.78, 5) is 31.0. The molecule has 0 atom stereocenters. The third-order valence-corrected chi connectivity index (χ3v) is 9.04. The van der Waals surface area contributed by atoms with Gasteiger partial charge < -0.3 is 19.2 Å². The minimum Gasteiger partial charge on any atom is -0.490 e. The summed E-state index contributed by atoms with van der Waals surface area (Å²) in [5.41, 5.74) is 1.98. The first-order valence-corrected chi connectivity index (χ1v) is 15.7. The molecule has 1 amide bonds. The zero-order chi connectivity index (χ0) is 31.5. The summed E-state index contributed by atoms with van der Waals surface area (Å²) in [5, 5.41) is 9.18. The van der Waals surface area contributed by atoms with Gasteiger partial charge in [0, 0.05) is 26.1 Å². The van der Waals surface area contributed by atoms with Gasteiger partial charge >= 0.3 is 0 Å². The second kappa shape index (κ2) is 13.3. The predicted octanol–water partition coefficient (Wildman–Crippen LogP) is 8.29. The fraction of sp³-hybridized carbons (Fsp3) is 0.0909.